The van der Waals surface area contributed by atoms with Gasteiger partial charge in [-0.3, -0.25) is 9.79 Å². The zero-order valence-electron chi connectivity index (χ0n) is 16.1. The third kappa shape index (κ3) is 4.02. The van der Waals surface area contributed by atoms with Gasteiger partial charge in [-0.15, -0.1) is 0 Å². The molecular formula is C22H25N3O2. The van der Waals surface area contributed by atoms with Crippen LogP contribution in [0.5, 0.6) is 11.5 Å². The first-order chi connectivity index (χ1) is 12.9. The first-order valence-electron chi connectivity index (χ1n) is 9.53. The van der Waals surface area contributed by atoms with Gasteiger partial charge < -0.3 is 10.1 Å². The number of nitrogens with one attached hydrogen (secondary N) is 1. The van der Waals surface area contributed by atoms with Crippen molar-refractivity contribution in [2.75, 3.05) is 11.9 Å². The van der Waals surface area contributed by atoms with Crippen LogP contribution >= 0.6 is 0 Å². The Morgan fingerprint density at radius 1 is 1.15 bits per heavy atom. The van der Waals surface area contributed by atoms with Gasteiger partial charge >= 0.3 is 0 Å². The maximum absolute atomic E-state index is 11.9. The normalized spacial score (nSPS) is 16.3. The Kier molecular flexibility index (Phi) is 4.46. The van der Waals surface area contributed by atoms with Crippen LogP contribution in [0.4, 0.5) is 5.82 Å². The highest BCUT2D eigenvalue weighted by molar-refractivity contribution is 6.06. The third-order valence-corrected chi connectivity index (χ3v) is 4.86. The molecule has 1 aromatic carbocycles. The van der Waals surface area contributed by atoms with E-state index in [1.807, 2.05) is 6.07 Å². The molecule has 0 atom stereocenters. The molecule has 0 saturated heterocycles. The van der Waals surface area contributed by atoms with Crippen molar-refractivity contribution in [1.82, 2.24) is 4.98 Å². The van der Waals surface area contributed by atoms with Crippen molar-refractivity contribution in [3.63, 3.8) is 0 Å². The molecule has 1 amide bonds. The maximum atomic E-state index is 11.9. The van der Waals surface area contributed by atoms with E-state index in [1.165, 1.54) is 11.1 Å². The number of fused-ring (bicyclic) bond motifs is 1. The molecule has 1 N–H and O–H groups in total. The molecule has 0 bridgehead atoms. The number of carbonyl (C=O) groups is 1. The number of hydrogen-bond acceptors (Lipinski definition) is 4. The highest BCUT2D eigenvalue weighted by Crippen LogP contribution is 2.33. The molecule has 1 saturated carbocycles. The summed E-state index contributed by atoms with van der Waals surface area (Å²) < 4.78 is 6.06. The number of anilines is 1. The van der Waals surface area contributed by atoms with Crippen molar-refractivity contribution >= 4 is 17.4 Å². The molecule has 0 radical (unpaired) electrons. The molecule has 0 unspecified atom stereocenters. The molecule has 2 aliphatic rings. The van der Waals surface area contributed by atoms with Gasteiger partial charge in [0.1, 0.15) is 17.3 Å². The van der Waals surface area contributed by atoms with Crippen LogP contribution in [0.1, 0.15) is 44.7 Å². The number of amides is 1. The first-order valence-corrected chi connectivity index (χ1v) is 9.53. The van der Waals surface area contributed by atoms with Gasteiger partial charge in [0.25, 0.3) is 0 Å². The lowest BCUT2D eigenvalue weighted by molar-refractivity contribution is -0.117. The quantitative estimate of drug-likeness (QED) is 0.862. The number of benzene rings is 1. The molecule has 1 aliphatic heterocycles. The van der Waals surface area contributed by atoms with Crippen LogP contribution in [-0.2, 0) is 11.2 Å². The number of hydrogen-bond donors (Lipinski definition) is 1. The van der Waals surface area contributed by atoms with Crippen molar-refractivity contribution in [1.29, 1.82) is 0 Å². The van der Waals surface area contributed by atoms with Crippen molar-refractivity contribution in [2.45, 2.75) is 40.0 Å². The predicted molar refractivity (Wildman–Crippen MR) is 107 cm³/mol. The van der Waals surface area contributed by atoms with Crippen LogP contribution in [0.2, 0.25) is 0 Å². The van der Waals surface area contributed by atoms with Gasteiger partial charge in [0.05, 0.1) is 0 Å². The summed E-state index contributed by atoms with van der Waals surface area (Å²) in [5.74, 6) is 2.13. The van der Waals surface area contributed by atoms with Crippen LogP contribution in [-0.4, -0.2) is 23.1 Å². The predicted octanol–water partition coefficient (Wildman–Crippen LogP) is 4.61. The summed E-state index contributed by atoms with van der Waals surface area (Å²) in [6, 6.07) is 9.75. The summed E-state index contributed by atoms with van der Waals surface area (Å²) in [5.41, 5.74) is 3.60. The average molecular weight is 363 g/mol. The Hall–Kier alpha value is -2.69. The Balaban J connectivity index is 1.55. The van der Waals surface area contributed by atoms with Crippen molar-refractivity contribution in [2.24, 2.45) is 16.3 Å². The highest BCUT2D eigenvalue weighted by Gasteiger charge is 2.30. The molecule has 5 nitrogen and oxygen atoms in total. The summed E-state index contributed by atoms with van der Waals surface area (Å²) in [7, 11) is 0. The fourth-order valence-electron chi connectivity index (χ4n) is 3.32. The second kappa shape index (κ2) is 6.80. The zero-order chi connectivity index (χ0) is 19.0. The van der Waals surface area contributed by atoms with Gasteiger partial charge in [-0.25, -0.2) is 4.98 Å². The van der Waals surface area contributed by atoms with Crippen LogP contribution < -0.4 is 10.1 Å². The number of rotatable bonds is 4. The molecule has 1 fully saturated rings. The van der Waals surface area contributed by atoms with Crippen LogP contribution in [0.3, 0.4) is 0 Å². The fourth-order valence-corrected chi connectivity index (χ4v) is 3.32. The van der Waals surface area contributed by atoms with Crippen molar-refractivity contribution in [3.05, 3.63) is 47.7 Å². The van der Waals surface area contributed by atoms with Gasteiger partial charge in [-0.2, -0.15) is 0 Å². The minimum absolute atomic E-state index is 0.00920. The molecule has 1 aliphatic carbocycles. The summed E-state index contributed by atoms with van der Waals surface area (Å²) in [4.78, 5) is 20.9. The largest absolute Gasteiger partial charge is 0.457 e. The monoisotopic (exact) mass is 363 g/mol. The van der Waals surface area contributed by atoms with E-state index in [2.05, 4.69) is 43.2 Å². The molecular weight excluding hydrogens is 338 g/mol. The van der Waals surface area contributed by atoms with Crippen LogP contribution in [0.25, 0.3) is 0 Å². The summed E-state index contributed by atoms with van der Waals surface area (Å²) in [6.07, 6.45) is 4.55. The van der Waals surface area contributed by atoms with Gasteiger partial charge in [0.2, 0.25) is 5.91 Å². The van der Waals surface area contributed by atoms with E-state index in [4.69, 9.17) is 9.73 Å². The second-order valence-corrected chi connectivity index (χ2v) is 8.29. The number of pyridine rings is 1. The Morgan fingerprint density at radius 3 is 2.67 bits per heavy atom. The fraction of sp³-hybridized carbons (Fsp3) is 0.409. The number of carbonyl (C=O) groups excluding carboxylic acids is 1. The number of aromatic nitrogens is 1. The lowest BCUT2D eigenvalue weighted by Crippen LogP contribution is -2.26. The molecule has 0 spiro atoms. The first kappa shape index (κ1) is 17.7. The lowest BCUT2D eigenvalue weighted by atomic mass is 9.81. The number of aliphatic imine (C=N–C) groups is 1. The highest BCUT2D eigenvalue weighted by atomic mass is 16.5. The van der Waals surface area contributed by atoms with Gasteiger partial charge in [-0.1, -0.05) is 26.8 Å². The molecule has 27 heavy (non-hydrogen) atoms. The van der Waals surface area contributed by atoms with E-state index in [0.717, 1.165) is 37.3 Å². The van der Waals surface area contributed by atoms with E-state index in [9.17, 15) is 4.79 Å². The second-order valence-electron chi connectivity index (χ2n) is 8.29. The Labute approximate surface area is 159 Å². The molecule has 5 heteroatoms. The van der Waals surface area contributed by atoms with E-state index in [0.29, 0.717) is 11.6 Å². The van der Waals surface area contributed by atoms with Crippen LogP contribution in [0.15, 0.2) is 41.5 Å². The standard InChI is InChI=1S/C22H25N3O2/c1-22(2,3)20-18-12-16(7-6-14(18)8-10-24-20)27-17-9-11-23-19(13-17)25-21(26)15-4-5-15/h6-7,9,11-13,15H,4-5,8,10H2,1-3H3,(H,23,25,26). The average Bonchev–Trinajstić information content (AvgIpc) is 3.46. The van der Waals surface area contributed by atoms with E-state index < -0.39 is 0 Å². The maximum Gasteiger partial charge on any atom is 0.228 e. The van der Waals surface area contributed by atoms with E-state index >= 15 is 0 Å². The zero-order valence-corrected chi connectivity index (χ0v) is 16.1. The lowest BCUT2D eigenvalue weighted by Gasteiger charge is -2.27. The molecule has 2 heterocycles. The van der Waals surface area contributed by atoms with E-state index in [-0.39, 0.29) is 17.2 Å². The SMILES string of the molecule is CC(C)(C)C1=NCCc2ccc(Oc3ccnc(NC(=O)C4CC4)c3)cc21. The van der Waals surface area contributed by atoms with Crippen molar-refractivity contribution < 1.29 is 9.53 Å². The molecule has 2 aromatic rings. The summed E-state index contributed by atoms with van der Waals surface area (Å²) in [5, 5.41) is 2.86. The smallest absolute Gasteiger partial charge is 0.228 e. The summed E-state index contributed by atoms with van der Waals surface area (Å²) in [6.45, 7) is 7.40. The van der Waals surface area contributed by atoms with Gasteiger partial charge in [0.15, 0.2) is 0 Å². The van der Waals surface area contributed by atoms with E-state index in [1.54, 1.807) is 18.3 Å². The number of nitrogens with zero attached hydrogens (tertiary/aromatic N) is 2. The minimum Gasteiger partial charge on any atom is -0.457 e. The third-order valence-electron chi connectivity index (χ3n) is 4.86. The minimum atomic E-state index is -0.00920. The molecule has 1 aromatic heterocycles. The van der Waals surface area contributed by atoms with Crippen LogP contribution in [0, 0.1) is 11.3 Å². The number of ether oxygens (including phenoxy) is 1. The van der Waals surface area contributed by atoms with Gasteiger partial charge in [0, 0.05) is 41.4 Å². The van der Waals surface area contributed by atoms with Crippen molar-refractivity contribution in [3.8, 4) is 11.5 Å². The van der Waals surface area contributed by atoms with Gasteiger partial charge in [-0.05, 0) is 43.0 Å². The molecule has 4 rings (SSSR count). The Bertz CT molecular complexity index is 908. The molecule has 140 valence electrons. The topological polar surface area (TPSA) is 63.6 Å². The summed E-state index contributed by atoms with van der Waals surface area (Å²) >= 11 is 0. The Morgan fingerprint density at radius 2 is 1.93 bits per heavy atom.